The number of hydrogen-bond donors (Lipinski definition) is 1. The lowest BCUT2D eigenvalue weighted by Gasteiger charge is -2.21. The summed E-state index contributed by atoms with van der Waals surface area (Å²) in [5.74, 6) is -0.854. The zero-order valence-electron chi connectivity index (χ0n) is 13.9. The van der Waals surface area contributed by atoms with Crippen molar-refractivity contribution in [3.05, 3.63) is 50.7 Å². The van der Waals surface area contributed by atoms with E-state index in [4.69, 9.17) is 0 Å². The Balaban J connectivity index is 2.05. The monoisotopic (exact) mass is 504 g/mol. The van der Waals surface area contributed by atoms with Crippen LogP contribution in [0.3, 0.4) is 0 Å². The normalized spacial score (nSPS) is 16.5. The maximum atomic E-state index is 14.0. The standard InChI is InChI=1S/C17H15Br2FN2O3S/c1-9-5-11-6-13(19)17(8-16(11)22(9)10(2)23)26(24,25)21-15-4-3-12(18)7-14(15)20/h3-4,6-9,21H,5H2,1-2H3/t9-/m0/s1. The van der Waals surface area contributed by atoms with Gasteiger partial charge in [0.25, 0.3) is 10.0 Å². The van der Waals surface area contributed by atoms with Crippen LogP contribution in [-0.2, 0) is 21.2 Å². The van der Waals surface area contributed by atoms with E-state index in [0.29, 0.717) is 21.1 Å². The van der Waals surface area contributed by atoms with Gasteiger partial charge in [0.1, 0.15) is 10.7 Å². The predicted molar refractivity (Wildman–Crippen MR) is 105 cm³/mol. The Morgan fingerprint density at radius 3 is 2.58 bits per heavy atom. The summed E-state index contributed by atoms with van der Waals surface area (Å²) in [6.07, 6.45) is 0.641. The van der Waals surface area contributed by atoms with E-state index in [2.05, 4.69) is 36.6 Å². The van der Waals surface area contributed by atoms with Crippen LogP contribution in [0.5, 0.6) is 0 Å². The molecule has 3 rings (SSSR count). The molecule has 1 heterocycles. The van der Waals surface area contributed by atoms with Crippen LogP contribution < -0.4 is 9.62 Å². The van der Waals surface area contributed by atoms with Crippen LogP contribution in [0.15, 0.2) is 44.2 Å². The Kier molecular flexibility index (Phi) is 5.15. The van der Waals surface area contributed by atoms with E-state index in [-0.39, 0.29) is 22.5 Å². The minimum atomic E-state index is -4.06. The molecule has 1 aliphatic rings. The van der Waals surface area contributed by atoms with E-state index in [1.54, 1.807) is 11.0 Å². The molecule has 0 spiro atoms. The first-order valence-corrected chi connectivity index (χ1v) is 10.8. The highest BCUT2D eigenvalue weighted by molar-refractivity contribution is 9.10. The molecule has 0 aliphatic carbocycles. The zero-order valence-corrected chi connectivity index (χ0v) is 17.9. The van der Waals surface area contributed by atoms with Crippen molar-refractivity contribution in [2.24, 2.45) is 0 Å². The lowest BCUT2D eigenvalue weighted by molar-refractivity contribution is -0.116. The minimum Gasteiger partial charge on any atom is -0.309 e. The van der Waals surface area contributed by atoms with Gasteiger partial charge in [-0.05, 0) is 65.2 Å². The lowest BCUT2D eigenvalue weighted by atomic mass is 10.1. The molecule has 0 fully saturated rings. The highest BCUT2D eigenvalue weighted by Gasteiger charge is 2.32. The van der Waals surface area contributed by atoms with Crippen LogP contribution in [-0.4, -0.2) is 20.4 Å². The Hall–Kier alpha value is -1.45. The third kappa shape index (κ3) is 3.52. The van der Waals surface area contributed by atoms with Crippen molar-refractivity contribution in [2.75, 3.05) is 9.62 Å². The highest BCUT2D eigenvalue weighted by atomic mass is 79.9. The maximum absolute atomic E-state index is 14.0. The molecule has 0 aromatic heterocycles. The first-order chi connectivity index (χ1) is 12.1. The second kappa shape index (κ2) is 6.94. The summed E-state index contributed by atoms with van der Waals surface area (Å²) in [5.41, 5.74) is 1.29. The van der Waals surface area contributed by atoms with Gasteiger partial charge >= 0.3 is 0 Å². The molecule has 0 saturated carbocycles. The van der Waals surface area contributed by atoms with Crippen molar-refractivity contribution >= 4 is 59.2 Å². The van der Waals surface area contributed by atoms with E-state index in [1.165, 1.54) is 31.2 Å². The summed E-state index contributed by atoms with van der Waals surface area (Å²) in [6, 6.07) is 7.14. The van der Waals surface area contributed by atoms with Gasteiger partial charge in [0.05, 0.1) is 5.69 Å². The van der Waals surface area contributed by atoms with Gasteiger partial charge in [-0.15, -0.1) is 0 Å². The summed E-state index contributed by atoms with van der Waals surface area (Å²) < 4.78 is 42.7. The molecule has 5 nitrogen and oxygen atoms in total. The maximum Gasteiger partial charge on any atom is 0.263 e. The van der Waals surface area contributed by atoms with Gasteiger partial charge in [0, 0.05) is 27.6 Å². The molecule has 1 aliphatic heterocycles. The average Bonchev–Trinajstić information content (AvgIpc) is 2.84. The Morgan fingerprint density at radius 1 is 1.27 bits per heavy atom. The van der Waals surface area contributed by atoms with Gasteiger partial charge in [0.15, 0.2) is 0 Å². The van der Waals surface area contributed by atoms with Crippen LogP contribution >= 0.6 is 31.9 Å². The lowest BCUT2D eigenvalue weighted by Crippen LogP contribution is -2.33. The number of sulfonamides is 1. The second-order valence-electron chi connectivity index (χ2n) is 6.08. The van der Waals surface area contributed by atoms with Crippen molar-refractivity contribution < 1.29 is 17.6 Å². The van der Waals surface area contributed by atoms with Gasteiger partial charge in [0.2, 0.25) is 5.91 Å². The van der Waals surface area contributed by atoms with E-state index in [9.17, 15) is 17.6 Å². The first-order valence-electron chi connectivity index (χ1n) is 7.70. The molecule has 0 radical (unpaired) electrons. The smallest absolute Gasteiger partial charge is 0.263 e. The molecule has 1 amide bonds. The summed E-state index contributed by atoms with van der Waals surface area (Å²) in [7, 11) is -4.06. The number of rotatable bonds is 3. The molecule has 1 N–H and O–H groups in total. The molecule has 2 aromatic rings. The van der Waals surface area contributed by atoms with Gasteiger partial charge in [-0.3, -0.25) is 9.52 Å². The van der Waals surface area contributed by atoms with Crippen molar-refractivity contribution in [2.45, 2.75) is 31.2 Å². The fraction of sp³-hybridized carbons (Fsp3) is 0.235. The highest BCUT2D eigenvalue weighted by Crippen LogP contribution is 2.38. The summed E-state index contributed by atoms with van der Waals surface area (Å²) in [6.45, 7) is 3.34. The third-order valence-electron chi connectivity index (χ3n) is 4.15. The average molecular weight is 506 g/mol. The number of fused-ring (bicyclic) bond motifs is 1. The molecular weight excluding hydrogens is 491 g/mol. The SMILES string of the molecule is CC(=O)N1c2cc(S(=O)(=O)Nc3ccc(Br)cc3F)c(Br)cc2C[C@@H]1C. The zero-order chi connectivity index (χ0) is 19.2. The van der Waals surface area contributed by atoms with Crippen molar-refractivity contribution in [3.8, 4) is 0 Å². The van der Waals surface area contributed by atoms with E-state index in [0.717, 1.165) is 5.56 Å². The number of anilines is 2. The van der Waals surface area contributed by atoms with E-state index < -0.39 is 15.8 Å². The number of nitrogens with zero attached hydrogens (tertiary/aromatic N) is 1. The summed E-state index contributed by atoms with van der Waals surface area (Å²) >= 11 is 6.41. The Morgan fingerprint density at radius 2 is 1.96 bits per heavy atom. The number of halogens is 3. The first kappa shape index (κ1) is 19.3. The van der Waals surface area contributed by atoms with Gasteiger partial charge in [-0.1, -0.05) is 15.9 Å². The molecule has 0 unspecified atom stereocenters. The fourth-order valence-corrected chi connectivity index (χ4v) is 5.59. The van der Waals surface area contributed by atoms with Crippen LogP contribution in [0.1, 0.15) is 19.4 Å². The molecule has 2 aromatic carbocycles. The van der Waals surface area contributed by atoms with Crippen molar-refractivity contribution in [1.29, 1.82) is 0 Å². The number of hydrogen-bond acceptors (Lipinski definition) is 3. The molecule has 9 heteroatoms. The molecule has 26 heavy (non-hydrogen) atoms. The number of amides is 1. The molecule has 1 atom stereocenters. The number of carbonyl (C=O) groups is 1. The van der Waals surface area contributed by atoms with Crippen LogP contribution in [0.25, 0.3) is 0 Å². The fourth-order valence-electron chi connectivity index (χ4n) is 3.08. The summed E-state index contributed by atoms with van der Waals surface area (Å²) in [4.78, 5) is 13.4. The van der Waals surface area contributed by atoms with Crippen molar-refractivity contribution in [3.63, 3.8) is 0 Å². The van der Waals surface area contributed by atoms with Gasteiger partial charge in [-0.2, -0.15) is 0 Å². The number of benzene rings is 2. The van der Waals surface area contributed by atoms with Crippen molar-refractivity contribution in [1.82, 2.24) is 0 Å². The van der Waals surface area contributed by atoms with E-state index in [1.807, 2.05) is 6.92 Å². The van der Waals surface area contributed by atoms with Crippen LogP contribution in [0.4, 0.5) is 15.8 Å². The molecular formula is C17H15Br2FN2O3S. The van der Waals surface area contributed by atoms with Crippen LogP contribution in [0.2, 0.25) is 0 Å². The summed E-state index contributed by atoms with van der Waals surface area (Å²) in [5, 5.41) is 0. The molecule has 0 saturated heterocycles. The third-order valence-corrected chi connectivity index (χ3v) is 6.97. The number of nitrogens with one attached hydrogen (secondary N) is 1. The topological polar surface area (TPSA) is 66.5 Å². The predicted octanol–water partition coefficient (Wildman–Crippen LogP) is 4.45. The van der Waals surface area contributed by atoms with Gasteiger partial charge in [-0.25, -0.2) is 12.8 Å². The van der Waals surface area contributed by atoms with Gasteiger partial charge < -0.3 is 4.90 Å². The largest absolute Gasteiger partial charge is 0.309 e. The van der Waals surface area contributed by atoms with Crippen LogP contribution in [0, 0.1) is 5.82 Å². The second-order valence-corrected chi connectivity index (χ2v) is 9.50. The van der Waals surface area contributed by atoms with E-state index >= 15 is 0 Å². The molecule has 0 bridgehead atoms. The Bertz CT molecular complexity index is 1010. The Labute approximate surface area is 167 Å². The number of carbonyl (C=O) groups excluding carboxylic acids is 1. The minimum absolute atomic E-state index is 0.0516. The molecule has 138 valence electrons. The quantitative estimate of drug-likeness (QED) is 0.670.